The minimum Gasteiger partial charge on any atom is -0.449 e. The predicted octanol–water partition coefficient (Wildman–Crippen LogP) is 2.80. The van der Waals surface area contributed by atoms with E-state index < -0.39 is 13.3 Å². The first-order valence-electron chi connectivity index (χ1n) is 2.92. The average Bonchev–Trinajstić information content (AvgIpc) is 1.63. The van der Waals surface area contributed by atoms with Crippen molar-refractivity contribution in [3.8, 4) is 0 Å². The molecule has 0 aromatic heterocycles. The van der Waals surface area contributed by atoms with Gasteiger partial charge in [0.1, 0.15) is 0 Å². The molecule has 0 bridgehead atoms. The molecule has 0 aliphatic heterocycles. The highest BCUT2D eigenvalue weighted by Crippen LogP contribution is 2.14. The summed E-state index contributed by atoms with van der Waals surface area (Å²) in [4.78, 5) is 0. The number of hydrogen-bond donors (Lipinski definition) is 0. The van der Waals surface area contributed by atoms with Gasteiger partial charge in [0.15, 0.2) is 0 Å². The molecular weight excluding hydrogens is 128 g/mol. The first-order chi connectivity index (χ1) is 4.06. The van der Waals surface area contributed by atoms with Crippen LogP contribution in [0, 0.1) is 0 Å². The number of allylic oxidation sites excluding steroid dienone is 2. The van der Waals surface area contributed by atoms with E-state index >= 15 is 0 Å². The Balaban J connectivity index is 3.38. The molecule has 0 saturated carbocycles. The maximum atomic E-state index is 11.4. The van der Waals surface area contributed by atoms with Crippen molar-refractivity contribution in [1.82, 2.24) is 0 Å². The van der Waals surface area contributed by atoms with Crippen molar-refractivity contribution in [2.24, 2.45) is 0 Å². The van der Waals surface area contributed by atoms with Crippen molar-refractivity contribution in [2.75, 3.05) is 0 Å². The standard InChI is InChI=1S/C5H9BF3/c1-2-3-4-5-6(7,8)9/h3-4H,2,5H2,1H3/q-1/b4-3+. The fourth-order valence-corrected chi connectivity index (χ4v) is 0.417. The zero-order valence-corrected chi connectivity index (χ0v) is 5.28. The molecule has 0 saturated heterocycles. The van der Waals surface area contributed by atoms with Crippen molar-refractivity contribution >= 4 is 6.98 Å². The summed E-state index contributed by atoms with van der Waals surface area (Å²) in [5.74, 6) is 0. The van der Waals surface area contributed by atoms with Gasteiger partial charge >= 0.3 is 6.98 Å². The molecule has 0 aliphatic rings. The van der Waals surface area contributed by atoms with Crippen LogP contribution in [0.1, 0.15) is 13.3 Å². The van der Waals surface area contributed by atoms with Crippen molar-refractivity contribution in [2.45, 2.75) is 19.7 Å². The van der Waals surface area contributed by atoms with E-state index in [-0.39, 0.29) is 0 Å². The minimum absolute atomic E-state index is 0.673. The van der Waals surface area contributed by atoms with Crippen LogP contribution in [0.2, 0.25) is 6.32 Å². The number of halogens is 3. The Kier molecular flexibility index (Phi) is 3.43. The molecular formula is C5H9BF3-. The van der Waals surface area contributed by atoms with Crippen LogP contribution in [0.25, 0.3) is 0 Å². The number of hydrogen-bond acceptors (Lipinski definition) is 0. The molecule has 0 unspecified atom stereocenters. The van der Waals surface area contributed by atoms with Crippen LogP contribution >= 0.6 is 0 Å². The van der Waals surface area contributed by atoms with Crippen molar-refractivity contribution in [3.63, 3.8) is 0 Å². The molecule has 0 spiro atoms. The fraction of sp³-hybridized carbons (Fsp3) is 0.600. The Morgan fingerprint density at radius 2 is 1.78 bits per heavy atom. The van der Waals surface area contributed by atoms with Crippen LogP contribution in [0.5, 0.6) is 0 Å². The first-order valence-corrected chi connectivity index (χ1v) is 2.92. The smallest absolute Gasteiger partial charge is 0.449 e. The molecule has 0 aromatic carbocycles. The Morgan fingerprint density at radius 1 is 1.22 bits per heavy atom. The molecule has 54 valence electrons. The third-order valence-electron chi connectivity index (χ3n) is 0.806. The van der Waals surface area contributed by atoms with Gasteiger partial charge in [-0.25, -0.2) is 0 Å². The van der Waals surface area contributed by atoms with Crippen LogP contribution in [-0.2, 0) is 0 Å². The largest absolute Gasteiger partial charge is 0.482 e. The topological polar surface area (TPSA) is 0 Å². The monoisotopic (exact) mass is 137 g/mol. The molecule has 0 heterocycles. The molecule has 0 radical (unpaired) electrons. The minimum atomic E-state index is -4.60. The summed E-state index contributed by atoms with van der Waals surface area (Å²) < 4.78 is 34.2. The molecule has 0 N–H and O–H groups in total. The van der Waals surface area contributed by atoms with Gasteiger partial charge in [-0.3, -0.25) is 0 Å². The van der Waals surface area contributed by atoms with E-state index in [1.807, 2.05) is 0 Å². The highest BCUT2D eigenvalue weighted by atomic mass is 19.4. The second-order valence-corrected chi connectivity index (χ2v) is 1.83. The fourth-order valence-electron chi connectivity index (χ4n) is 0.417. The Morgan fingerprint density at radius 3 is 2.11 bits per heavy atom. The zero-order valence-electron chi connectivity index (χ0n) is 5.28. The molecule has 0 aliphatic carbocycles. The SMILES string of the molecule is CC/C=C/C[B-](F)(F)F. The lowest BCUT2D eigenvalue weighted by Crippen LogP contribution is -2.11. The van der Waals surface area contributed by atoms with Crippen molar-refractivity contribution in [1.29, 1.82) is 0 Å². The Hall–Kier alpha value is -0.405. The van der Waals surface area contributed by atoms with Gasteiger partial charge in [-0.1, -0.05) is 19.3 Å². The van der Waals surface area contributed by atoms with E-state index in [2.05, 4.69) is 0 Å². The first kappa shape index (κ1) is 8.59. The lowest BCUT2D eigenvalue weighted by molar-refractivity contribution is 0.478. The van der Waals surface area contributed by atoms with Crippen LogP contribution in [0.4, 0.5) is 12.9 Å². The van der Waals surface area contributed by atoms with Gasteiger partial charge in [0.05, 0.1) is 0 Å². The van der Waals surface area contributed by atoms with E-state index in [1.54, 1.807) is 6.92 Å². The summed E-state index contributed by atoms with van der Waals surface area (Å²) in [6, 6.07) is 0. The normalized spacial score (nSPS) is 12.9. The van der Waals surface area contributed by atoms with Crippen molar-refractivity contribution in [3.05, 3.63) is 12.2 Å². The molecule has 4 heteroatoms. The van der Waals surface area contributed by atoms with E-state index in [9.17, 15) is 12.9 Å². The summed E-state index contributed by atoms with van der Waals surface area (Å²) in [5, 5.41) is 0. The quantitative estimate of drug-likeness (QED) is 0.414. The number of rotatable bonds is 3. The van der Waals surface area contributed by atoms with Gasteiger partial charge in [0, 0.05) is 0 Å². The molecule has 0 fully saturated rings. The summed E-state index contributed by atoms with van der Waals surface area (Å²) in [7, 11) is 0. The van der Waals surface area contributed by atoms with Gasteiger partial charge in [0.2, 0.25) is 0 Å². The molecule has 0 atom stereocenters. The van der Waals surface area contributed by atoms with Crippen LogP contribution < -0.4 is 0 Å². The summed E-state index contributed by atoms with van der Waals surface area (Å²) >= 11 is 0. The molecule has 0 rings (SSSR count). The van der Waals surface area contributed by atoms with Crippen LogP contribution in [-0.4, -0.2) is 6.98 Å². The molecule has 0 aromatic rings. The average molecular weight is 137 g/mol. The zero-order chi connectivity index (χ0) is 7.33. The van der Waals surface area contributed by atoms with Crippen LogP contribution in [0.3, 0.4) is 0 Å². The lowest BCUT2D eigenvalue weighted by Gasteiger charge is -2.08. The lowest BCUT2D eigenvalue weighted by atomic mass is 9.86. The molecule has 9 heavy (non-hydrogen) atoms. The molecule has 0 nitrogen and oxygen atoms in total. The summed E-state index contributed by atoms with van der Waals surface area (Å²) in [5.41, 5.74) is 0. The second-order valence-electron chi connectivity index (χ2n) is 1.83. The van der Waals surface area contributed by atoms with E-state index in [0.717, 1.165) is 0 Å². The maximum Gasteiger partial charge on any atom is 0.482 e. The highest BCUT2D eigenvalue weighted by Gasteiger charge is 2.19. The summed E-state index contributed by atoms with van der Waals surface area (Å²) in [6.45, 7) is -2.79. The Bertz CT molecular complexity index is 94.9. The molecule has 0 amide bonds. The van der Waals surface area contributed by atoms with Gasteiger partial charge in [0.25, 0.3) is 0 Å². The second kappa shape index (κ2) is 3.59. The van der Waals surface area contributed by atoms with Gasteiger partial charge < -0.3 is 12.9 Å². The van der Waals surface area contributed by atoms with E-state index in [0.29, 0.717) is 6.42 Å². The predicted molar refractivity (Wildman–Crippen MR) is 33.3 cm³/mol. The van der Waals surface area contributed by atoms with E-state index in [1.165, 1.54) is 12.2 Å². The summed E-state index contributed by atoms with van der Waals surface area (Å²) in [6.07, 6.45) is 2.62. The third-order valence-corrected chi connectivity index (χ3v) is 0.806. The Labute approximate surface area is 52.8 Å². The van der Waals surface area contributed by atoms with E-state index in [4.69, 9.17) is 0 Å². The highest BCUT2D eigenvalue weighted by molar-refractivity contribution is 6.58. The van der Waals surface area contributed by atoms with Gasteiger partial charge in [-0.2, -0.15) is 0 Å². The third kappa shape index (κ3) is 7.59. The maximum absolute atomic E-state index is 11.4. The van der Waals surface area contributed by atoms with Crippen LogP contribution in [0.15, 0.2) is 12.2 Å². The van der Waals surface area contributed by atoms with Gasteiger partial charge in [-0.05, 0) is 6.42 Å². The van der Waals surface area contributed by atoms with Crippen molar-refractivity contribution < 1.29 is 12.9 Å². The van der Waals surface area contributed by atoms with Gasteiger partial charge in [-0.15, -0.1) is 6.08 Å².